The minimum Gasteiger partial charge on any atom is -0.481 e. The van der Waals surface area contributed by atoms with Crippen LogP contribution in [0.25, 0.3) is 0 Å². The molecule has 2 bridgehead atoms. The third-order valence-corrected chi connectivity index (χ3v) is 4.29. The minimum atomic E-state index is -0.743. The molecule has 94 valence electrons. The maximum absolute atomic E-state index is 13.0. The smallest absolute Gasteiger partial charge is 0.303 e. The van der Waals surface area contributed by atoms with E-state index in [0.29, 0.717) is 11.8 Å². The van der Waals surface area contributed by atoms with E-state index in [1.807, 2.05) is 0 Å². The largest absolute Gasteiger partial charge is 0.481 e. The predicted molar refractivity (Wildman–Crippen MR) is 65.6 cm³/mol. The highest BCUT2D eigenvalue weighted by Crippen LogP contribution is 2.54. The molecule has 2 aliphatic rings. The van der Waals surface area contributed by atoms with Crippen molar-refractivity contribution in [3.05, 3.63) is 47.8 Å². The van der Waals surface area contributed by atoms with Crippen LogP contribution in [0.15, 0.2) is 36.4 Å². The molecule has 0 aliphatic heterocycles. The first-order chi connectivity index (χ1) is 8.65. The maximum atomic E-state index is 13.0. The number of fused-ring (bicyclic) bond motifs is 2. The van der Waals surface area contributed by atoms with Crippen molar-refractivity contribution in [1.82, 2.24) is 0 Å². The molecule has 1 aromatic rings. The third kappa shape index (κ3) is 1.84. The van der Waals surface area contributed by atoms with E-state index in [-0.39, 0.29) is 24.1 Å². The number of aliphatic carboxylic acids is 1. The molecular formula is C15H15FO2. The molecule has 1 aromatic carbocycles. The number of halogens is 1. The minimum absolute atomic E-state index is 0.156. The van der Waals surface area contributed by atoms with Crippen molar-refractivity contribution in [2.24, 2.45) is 17.8 Å². The van der Waals surface area contributed by atoms with Crippen molar-refractivity contribution in [1.29, 1.82) is 0 Å². The number of carboxylic acids is 1. The Morgan fingerprint density at radius 1 is 1.22 bits per heavy atom. The summed E-state index contributed by atoms with van der Waals surface area (Å²) in [6.07, 6.45) is 5.59. The van der Waals surface area contributed by atoms with Gasteiger partial charge in [-0.2, -0.15) is 0 Å². The van der Waals surface area contributed by atoms with Crippen LogP contribution in [0.5, 0.6) is 0 Å². The number of carbonyl (C=O) groups is 1. The van der Waals surface area contributed by atoms with Crippen LogP contribution in [0, 0.1) is 23.6 Å². The van der Waals surface area contributed by atoms with E-state index in [0.717, 1.165) is 12.0 Å². The Balaban J connectivity index is 1.91. The topological polar surface area (TPSA) is 37.3 Å². The summed E-state index contributed by atoms with van der Waals surface area (Å²) >= 11 is 0. The van der Waals surface area contributed by atoms with Gasteiger partial charge in [-0.25, -0.2) is 4.39 Å². The van der Waals surface area contributed by atoms with Crippen LogP contribution >= 0.6 is 0 Å². The van der Waals surface area contributed by atoms with Crippen LogP contribution in [0.2, 0.25) is 0 Å². The van der Waals surface area contributed by atoms with Gasteiger partial charge in [-0.1, -0.05) is 24.3 Å². The molecule has 0 amide bonds. The van der Waals surface area contributed by atoms with Crippen LogP contribution < -0.4 is 0 Å². The van der Waals surface area contributed by atoms with E-state index in [4.69, 9.17) is 5.11 Å². The second-order valence-electron chi connectivity index (χ2n) is 5.29. The first-order valence-electron chi connectivity index (χ1n) is 6.31. The molecule has 18 heavy (non-hydrogen) atoms. The zero-order valence-corrected chi connectivity index (χ0v) is 9.92. The number of hydrogen-bond donors (Lipinski definition) is 1. The molecule has 2 nitrogen and oxygen atoms in total. The van der Waals surface area contributed by atoms with Crippen LogP contribution in [0.3, 0.4) is 0 Å². The Hall–Kier alpha value is -1.64. The number of benzene rings is 1. The molecule has 1 fully saturated rings. The maximum Gasteiger partial charge on any atom is 0.303 e. The first-order valence-corrected chi connectivity index (χ1v) is 6.31. The summed E-state index contributed by atoms with van der Waals surface area (Å²) in [6.45, 7) is 0. The van der Waals surface area contributed by atoms with Gasteiger partial charge in [0, 0.05) is 6.42 Å². The highest BCUT2D eigenvalue weighted by molar-refractivity contribution is 5.67. The summed E-state index contributed by atoms with van der Waals surface area (Å²) in [4.78, 5) is 11.0. The Kier molecular flexibility index (Phi) is 2.69. The fourth-order valence-electron chi connectivity index (χ4n) is 3.58. The second kappa shape index (κ2) is 4.23. The van der Waals surface area contributed by atoms with E-state index in [9.17, 15) is 9.18 Å². The average molecular weight is 246 g/mol. The van der Waals surface area contributed by atoms with Gasteiger partial charge in [0.25, 0.3) is 0 Å². The molecule has 0 radical (unpaired) electrons. The standard InChI is InChI=1S/C15H15FO2/c16-12-5-3-9(4-6-12)15-11-2-1-10(7-11)13(15)8-14(17)18/h1-6,10-11,13,15H,7-8H2,(H,17,18). The fourth-order valence-corrected chi connectivity index (χ4v) is 3.58. The number of allylic oxidation sites excluding steroid dienone is 2. The number of rotatable bonds is 3. The van der Waals surface area contributed by atoms with Crippen LogP contribution in [0.1, 0.15) is 24.3 Å². The van der Waals surface area contributed by atoms with Gasteiger partial charge in [-0.15, -0.1) is 0 Å². The summed E-state index contributed by atoms with van der Waals surface area (Å²) in [6, 6.07) is 6.51. The van der Waals surface area contributed by atoms with Gasteiger partial charge in [0.05, 0.1) is 0 Å². The Morgan fingerprint density at radius 3 is 2.56 bits per heavy atom. The van der Waals surface area contributed by atoms with Crippen molar-refractivity contribution in [2.75, 3.05) is 0 Å². The summed E-state index contributed by atoms with van der Waals surface area (Å²) < 4.78 is 13.0. The summed E-state index contributed by atoms with van der Waals surface area (Å²) in [5.41, 5.74) is 1.07. The number of hydrogen-bond acceptors (Lipinski definition) is 1. The average Bonchev–Trinajstić information content (AvgIpc) is 2.90. The molecule has 0 spiro atoms. The normalized spacial score (nSPS) is 32.9. The van der Waals surface area contributed by atoms with E-state index in [2.05, 4.69) is 12.2 Å². The highest BCUT2D eigenvalue weighted by Gasteiger charge is 2.45. The van der Waals surface area contributed by atoms with Gasteiger partial charge in [0.1, 0.15) is 5.82 Å². The van der Waals surface area contributed by atoms with Gasteiger partial charge in [0.2, 0.25) is 0 Å². The molecule has 4 unspecified atom stereocenters. The summed E-state index contributed by atoms with van der Waals surface area (Å²) in [5.74, 6) is 0.200. The van der Waals surface area contributed by atoms with Crippen molar-refractivity contribution in [2.45, 2.75) is 18.8 Å². The lowest BCUT2D eigenvalue weighted by Gasteiger charge is -2.27. The van der Waals surface area contributed by atoms with Crippen molar-refractivity contribution >= 4 is 5.97 Å². The van der Waals surface area contributed by atoms with Crippen LogP contribution in [0.4, 0.5) is 4.39 Å². The molecular weight excluding hydrogens is 231 g/mol. The highest BCUT2D eigenvalue weighted by atomic mass is 19.1. The predicted octanol–water partition coefficient (Wildman–Crippen LogP) is 3.21. The number of carboxylic acid groups (broad SMARTS) is 1. The summed E-state index contributed by atoms with van der Waals surface area (Å²) in [7, 11) is 0. The third-order valence-electron chi connectivity index (χ3n) is 4.29. The van der Waals surface area contributed by atoms with Crippen LogP contribution in [-0.2, 0) is 4.79 Å². The van der Waals surface area contributed by atoms with E-state index >= 15 is 0 Å². The molecule has 3 rings (SSSR count). The molecule has 0 saturated heterocycles. The molecule has 1 N–H and O–H groups in total. The summed E-state index contributed by atoms with van der Waals surface area (Å²) in [5, 5.41) is 9.03. The van der Waals surface area contributed by atoms with E-state index in [1.54, 1.807) is 12.1 Å². The lowest BCUT2D eigenvalue weighted by Crippen LogP contribution is -2.21. The Labute approximate surface area is 105 Å². The zero-order chi connectivity index (χ0) is 12.7. The molecule has 0 heterocycles. The molecule has 4 atom stereocenters. The van der Waals surface area contributed by atoms with Gasteiger partial charge in [0.15, 0.2) is 0 Å². The van der Waals surface area contributed by atoms with Crippen LogP contribution in [-0.4, -0.2) is 11.1 Å². The van der Waals surface area contributed by atoms with Crippen molar-refractivity contribution < 1.29 is 14.3 Å². The van der Waals surface area contributed by atoms with Gasteiger partial charge >= 0.3 is 5.97 Å². The quantitative estimate of drug-likeness (QED) is 0.831. The Bertz CT molecular complexity index is 492. The SMILES string of the molecule is O=C(O)CC1C2C=CC(C2)C1c1ccc(F)cc1. The van der Waals surface area contributed by atoms with Crippen molar-refractivity contribution in [3.63, 3.8) is 0 Å². The van der Waals surface area contributed by atoms with Gasteiger partial charge < -0.3 is 5.11 Å². The lowest BCUT2D eigenvalue weighted by atomic mass is 9.77. The molecule has 3 heteroatoms. The van der Waals surface area contributed by atoms with E-state index in [1.165, 1.54) is 12.1 Å². The molecule has 1 saturated carbocycles. The monoisotopic (exact) mass is 246 g/mol. The zero-order valence-electron chi connectivity index (χ0n) is 9.92. The van der Waals surface area contributed by atoms with Crippen molar-refractivity contribution in [3.8, 4) is 0 Å². The van der Waals surface area contributed by atoms with Gasteiger partial charge in [-0.05, 0) is 47.8 Å². The van der Waals surface area contributed by atoms with Gasteiger partial charge in [-0.3, -0.25) is 4.79 Å². The fraction of sp³-hybridized carbons (Fsp3) is 0.400. The first kappa shape index (κ1) is 11.5. The van der Waals surface area contributed by atoms with E-state index < -0.39 is 5.97 Å². The second-order valence-corrected chi connectivity index (χ2v) is 5.29. The Morgan fingerprint density at radius 2 is 1.89 bits per heavy atom. The lowest BCUT2D eigenvalue weighted by molar-refractivity contribution is -0.138. The molecule has 0 aromatic heterocycles. The molecule has 2 aliphatic carbocycles.